The molecule has 0 aliphatic carbocycles. The minimum atomic E-state index is -3.56. The van der Waals surface area contributed by atoms with Crippen LogP contribution in [0.1, 0.15) is 55.5 Å². The SMILES string of the molecule is CCCCC1(C)N=C(c2cnn3c(C)c(C)ccc23)c2ccccc2S1(=O)=O. The second kappa shape index (κ2) is 6.55. The minimum absolute atomic E-state index is 0.363. The molecule has 146 valence electrons. The molecule has 5 nitrogen and oxygen atoms in total. The molecule has 0 spiro atoms. The first kappa shape index (κ1) is 18.9. The number of hydrogen-bond acceptors (Lipinski definition) is 4. The van der Waals surface area contributed by atoms with Crippen molar-refractivity contribution in [2.24, 2.45) is 4.99 Å². The van der Waals surface area contributed by atoms with Crippen LogP contribution >= 0.6 is 0 Å². The molecule has 3 heterocycles. The lowest BCUT2D eigenvalue weighted by atomic mass is 10.0. The largest absolute Gasteiger partial charge is 0.261 e. The number of unbranched alkanes of at least 4 members (excludes halogenated alkanes) is 1. The maximum atomic E-state index is 13.4. The molecule has 2 aromatic heterocycles. The molecule has 0 saturated heterocycles. The van der Waals surface area contributed by atoms with E-state index in [9.17, 15) is 8.42 Å². The van der Waals surface area contributed by atoms with Crippen molar-refractivity contribution in [2.45, 2.75) is 56.7 Å². The van der Waals surface area contributed by atoms with Gasteiger partial charge < -0.3 is 0 Å². The Bertz CT molecular complexity index is 1210. The lowest BCUT2D eigenvalue weighted by molar-refractivity contribution is 0.498. The molecule has 0 fully saturated rings. The minimum Gasteiger partial charge on any atom is -0.261 e. The summed E-state index contributed by atoms with van der Waals surface area (Å²) < 4.78 is 28.7. The van der Waals surface area contributed by atoms with Crippen LogP contribution in [0.5, 0.6) is 0 Å². The third kappa shape index (κ3) is 2.62. The highest BCUT2D eigenvalue weighted by Crippen LogP contribution is 2.39. The van der Waals surface area contributed by atoms with Crippen molar-refractivity contribution in [3.63, 3.8) is 0 Å². The number of aromatic nitrogens is 2. The second-order valence-electron chi connectivity index (χ2n) is 7.70. The van der Waals surface area contributed by atoms with E-state index in [0.717, 1.165) is 35.2 Å². The molecule has 1 aliphatic heterocycles. The van der Waals surface area contributed by atoms with Gasteiger partial charge in [0, 0.05) is 16.8 Å². The molecule has 0 saturated carbocycles. The number of pyridine rings is 1. The highest BCUT2D eigenvalue weighted by Gasteiger charge is 2.45. The molecule has 0 radical (unpaired) electrons. The van der Waals surface area contributed by atoms with Crippen molar-refractivity contribution in [3.8, 4) is 0 Å². The van der Waals surface area contributed by atoms with E-state index < -0.39 is 14.7 Å². The number of benzene rings is 1. The maximum Gasteiger partial charge on any atom is 0.204 e. The van der Waals surface area contributed by atoms with Gasteiger partial charge in [-0.15, -0.1) is 0 Å². The first-order valence-corrected chi connectivity index (χ1v) is 11.2. The molecule has 0 bridgehead atoms. The van der Waals surface area contributed by atoms with Crippen molar-refractivity contribution in [2.75, 3.05) is 0 Å². The summed E-state index contributed by atoms with van der Waals surface area (Å²) in [6.45, 7) is 7.90. The van der Waals surface area contributed by atoms with E-state index in [4.69, 9.17) is 4.99 Å². The van der Waals surface area contributed by atoms with Crippen LogP contribution in [0.4, 0.5) is 0 Å². The molecule has 1 atom stereocenters. The number of rotatable bonds is 4. The van der Waals surface area contributed by atoms with E-state index >= 15 is 0 Å². The standard InChI is InChI=1S/C22H25N3O2S/c1-5-6-13-22(4)24-21(17-9-7-8-10-20(17)28(22,26)27)18-14-23-25-16(3)15(2)11-12-19(18)25/h7-12,14H,5-6,13H2,1-4H3. The lowest BCUT2D eigenvalue weighted by Gasteiger charge is -2.32. The topological polar surface area (TPSA) is 63.8 Å². The van der Waals surface area contributed by atoms with Gasteiger partial charge in [0.15, 0.2) is 4.87 Å². The summed E-state index contributed by atoms with van der Waals surface area (Å²) >= 11 is 0. The number of aliphatic imine (C=N–C) groups is 1. The number of fused-ring (bicyclic) bond motifs is 2. The van der Waals surface area contributed by atoms with Gasteiger partial charge in [-0.25, -0.2) is 12.9 Å². The molecule has 3 aromatic rings. The first-order valence-electron chi connectivity index (χ1n) is 9.68. The van der Waals surface area contributed by atoms with E-state index in [-0.39, 0.29) is 0 Å². The second-order valence-corrected chi connectivity index (χ2v) is 10.0. The van der Waals surface area contributed by atoms with Gasteiger partial charge in [0.05, 0.1) is 22.3 Å². The Balaban J connectivity index is 2.01. The highest BCUT2D eigenvalue weighted by molar-refractivity contribution is 7.93. The van der Waals surface area contributed by atoms with Crippen molar-refractivity contribution in [3.05, 3.63) is 65.0 Å². The van der Waals surface area contributed by atoms with Crippen molar-refractivity contribution >= 4 is 21.1 Å². The molecule has 1 aliphatic rings. The van der Waals surface area contributed by atoms with Gasteiger partial charge in [0.25, 0.3) is 0 Å². The fourth-order valence-electron chi connectivity index (χ4n) is 3.85. The average molecular weight is 396 g/mol. The number of hydrogen-bond donors (Lipinski definition) is 0. The molecule has 1 unspecified atom stereocenters. The van der Waals surface area contributed by atoms with Crippen LogP contribution in [0.2, 0.25) is 0 Å². The Hall–Kier alpha value is -2.47. The van der Waals surface area contributed by atoms with Gasteiger partial charge in [0.2, 0.25) is 9.84 Å². The van der Waals surface area contributed by atoms with Gasteiger partial charge in [-0.05, 0) is 44.9 Å². The molecular weight excluding hydrogens is 370 g/mol. The number of sulfone groups is 1. The Morgan fingerprint density at radius 2 is 1.82 bits per heavy atom. The van der Waals surface area contributed by atoms with Gasteiger partial charge in [0.1, 0.15) is 0 Å². The predicted octanol–water partition coefficient (Wildman–Crippen LogP) is 4.48. The summed E-state index contributed by atoms with van der Waals surface area (Å²) in [5.74, 6) is 0. The van der Waals surface area contributed by atoms with Crippen LogP contribution in [0.3, 0.4) is 0 Å². The third-order valence-corrected chi connectivity index (χ3v) is 8.18. The van der Waals surface area contributed by atoms with E-state index in [2.05, 4.69) is 25.0 Å². The van der Waals surface area contributed by atoms with Crippen molar-refractivity contribution in [1.29, 1.82) is 0 Å². The van der Waals surface area contributed by atoms with Crippen LogP contribution in [0.15, 0.2) is 52.5 Å². The lowest BCUT2D eigenvalue weighted by Crippen LogP contribution is -2.39. The summed E-state index contributed by atoms with van der Waals surface area (Å²) in [6, 6.07) is 11.3. The summed E-state index contributed by atoms with van der Waals surface area (Å²) in [6.07, 6.45) is 4.03. The number of aryl methyl sites for hydroxylation is 2. The highest BCUT2D eigenvalue weighted by atomic mass is 32.2. The Morgan fingerprint density at radius 1 is 1.07 bits per heavy atom. The quantitative estimate of drug-likeness (QED) is 0.654. The smallest absolute Gasteiger partial charge is 0.204 e. The maximum absolute atomic E-state index is 13.4. The Morgan fingerprint density at radius 3 is 2.57 bits per heavy atom. The fraction of sp³-hybridized carbons (Fsp3) is 0.364. The van der Waals surface area contributed by atoms with Crippen molar-refractivity contribution < 1.29 is 8.42 Å². The molecule has 4 rings (SSSR count). The fourth-order valence-corrected chi connectivity index (χ4v) is 5.66. The third-order valence-electron chi connectivity index (χ3n) is 5.79. The molecule has 6 heteroatoms. The molecule has 1 aromatic carbocycles. The normalized spacial score (nSPS) is 20.8. The zero-order chi connectivity index (χ0) is 20.1. The summed E-state index contributed by atoms with van der Waals surface area (Å²) in [4.78, 5) is 4.06. The monoisotopic (exact) mass is 395 g/mol. The van der Waals surface area contributed by atoms with E-state index in [0.29, 0.717) is 22.6 Å². The van der Waals surface area contributed by atoms with E-state index in [1.807, 2.05) is 29.6 Å². The summed E-state index contributed by atoms with van der Waals surface area (Å²) in [7, 11) is -3.56. The molecular formula is C22H25N3O2S. The zero-order valence-corrected chi connectivity index (χ0v) is 17.5. The van der Waals surface area contributed by atoms with Gasteiger partial charge in [-0.3, -0.25) is 4.99 Å². The van der Waals surface area contributed by atoms with Gasteiger partial charge in [-0.1, -0.05) is 44.0 Å². The van der Waals surface area contributed by atoms with E-state index in [1.165, 1.54) is 0 Å². The summed E-state index contributed by atoms with van der Waals surface area (Å²) in [5.41, 5.74) is 5.40. The Kier molecular flexibility index (Phi) is 4.42. The van der Waals surface area contributed by atoms with Crippen LogP contribution in [-0.2, 0) is 9.84 Å². The predicted molar refractivity (Wildman–Crippen MR) is 112 cm³/mol. The van der Waals surface area contributed by atoms with Crippen LogP contribution in [-0.4, -0.2) is 28.6 Å². The van der Waals surface area contributed by atoms with Gasteiger partial charge >= 0.3 is 0 Å². The average Bonchev–Trinajstić information content (AvgIpc) is 3.11. The summed E-state index contributed by atoms with van der Waals surface area (Å²) in [5, 5.41) is 4.56. The molecule has 0 amide bonds. The van der Waals surface area contributed by atoms with Crippen LogP contribution in [0.25, 0.3) is 5.52 Å². The Labute approximate surface area is 166 Å². The first-order chi connectivity index (χ1) is 13.3. The van der Waals surface area contributed by atoms with Crippen LogP contribution < -0.4 is 0 Å². The van der Waals surface area contributed by atoms with Gasteiger partial charge in [-0.2, -0.15) is 5.10 Å². The molecule has 28 heavy (non-hydrogen) atoms. The van der Waals surface area contributed by atoms with E-state index in [1.54, 1.807) is 25.3 Å². The number of nitrogens with zero attached hydrogens (tertiary/aromatic N) is 3. The zero-order valence-electron chi connectivity index (χ0n) is 16.7. The van der Waals surface area contributed by atoms with Crippen molar-refractivity contribution in [1.82, 2.24) is 9.61 Å². The molecule has 0 N–H and O–H groups in total. The van der Waals surface area contributed by atoms with Crippen LogP contribution in [0, 0.1) is 13.8 Å².